The van der Waals surface area contributed by atoms with Crippen LogP contribution in [0.1, 0.15) is 72.1 Å². The minimum Gasteiger partial charge on any atom is -0.415 e. The first kappa shape index (κ1) is 27.0. The maximum absolute atomic E-state index is 13.6. The van der Waals surface area contributed by atoms with Crippen molar-refractivity contribution in [3.05, 3.63) is 64.8 Å². The summed E-state index contributed by atoms with van der Waals surface area (Å²) in [6, 6.07) is 8.69. The van der Waals surface area contributed by atoms with Gasteiger partial charge in [-0.15, -0.1) is 10.2 Å². The molecule has 13 heteroatoms. The maximum Gasteiger partial charge on any atom is 0.314 e. The zero-order valence-electron chi connectivity index (χ0n) is 21.6. The molecule has 0 saturated carbocycles. The van der Waals surface area contributed by atoms with E-state index in [-0.39, 0.29) is 24.3 Å². The smallest absolute Gasteiger partial charge is 0.314 e. The van der Waals surface area contributed by atoms with Crippen molar-refractivity contribution in [2.45, 2.75) is 51.0 Å². The Bertz CT molecular complexity index is 1530. The van der Waals surface area contributed by atoms with Crippen LogP contribution in [0, 0.1) is 0 Å². The number of carbonyl (C=O) groups is 2. The third kappa shape index (κ3) is 5.08. The van der Waals surface area contributed by atoms with Crippen LogP contribution in [0.25, 0.3) is 11.5 Å². The molecule has 0 spiro atoms. The largest absolute Gasteiger partial charge is 0.415 e. The van der Waals surface area contributed by atoms with Gasteiger partial charge in [0.15, 0.2) is 0 Å². The first-order valence-electron chi connectivity index (χ1n) is 12.4. The van der Waals surface area contributed by atoms with E-state index < -0.39 is 33.7 Å². The van der Waals surface area contributed by atoms with Crippen LogP contribution in [0.2, 0.25) is 0 Å². The number of imide groups is 1. The summed E-state index contributed by atoms with van der Waals surface area (Å²) in [5, 5.41) is 6.90. The van der Waals surface area contributed by atoms with E-state index in [9.17, 15) is 26.8 Å². The van der Waals surface area contributed by atoms with E-state index in [4.69, 9.17) is 4.42 Å². The van der Waals surface area contributed by atoms with E-state index in [0.29, 0.717) is 48.3 Å². The molecule has 2 aliphatic rings. The van der Waals surface area contributed by atoms with Crippen LogP contribution in [0.5, 0.6) is 0 Å². The molecular weight excluding hydrogens is 532 g/mol. The second-order valence-corrected chi connectivity index (χ2v) is 12.3. The molecule has 0 bridgehead atoms. The highest BCUT2D eigenvalue weighted by atomic mass is 32.2. The highest BCUT2D eigenvalue weighted by Gasteiger charge is 2.44. The number of sulfonamides is 1. The van der Waals surface area contributed by atoms with Crippen molar-refractivity contribution in [1.82, 2.24) is 24.4 Å². The number of hydrogen-bond donors (Lipinski definition) is 0. The number of nitrogens with zero attached hydrogens (tertiary/aromatic N) is 5. The molecule has 206 valence electrons. The lowest BCUT2D eigenvalue weighted by molar-refractivity contribution is -0.134. The van der Waals surface area contributed by atoms with Crippen LogP contribution in [0.4, 0.5) is 8.78 Å². The predicted octanol–water partition coefficient (Wildman–Crippen LogP) is 3.67. The molecule has 2 amide bonds. The van der Waals surface area contributed by atoms with E-state index in [0.717, 1.165) is 5.56 Å². The first-order valence-corrected chi connectivity index (χ1v) is 14.2. The fourth-order valence-corrected chi connectivity index (χ4v) is 6.01. The molecule has 2 aromatic heterocycles. The molecule has 0 atom stereocenters. The molecule has 39 heavy (non-hydrogen) atoms. The van der Waals surface area contributed by atoms with Gasteiger partial charge in [0, 0.05) is 24.8 Å². The van der Waals surface area contributed by atoms with Gasteiger partial charge in [-0.2, -0.15) is 8.78 Å². The van der Waals surface area contributed by atoms with Crippen LogP contribution < -0.4 is 0 Å². The molecule has 0 N–H and O–H groups in total. The Kier molecular flexibility index (Phi) is 6.83. The summed E-state index contributed by atoms with van der Waals surface area (Å²) in [6.45, 7) is 4.29. The third-order valence-corrected chi connectivity index (χ3v) is 8.69. The van der Waals surface area contributed by atoms with Crippen molar-refractivity contribution < 1.29 is 31.2 Å². The Balaban J connectivity index is 1.37. The van der Waals surface area contributed by atoms with E-state index in [1.807, 2.05) is 18.2 Å². The number of carbonyl (C=O) groups excluding carboxylic acids is 2. The number of pyridine rings is 1. The monoisotopic (exact) mass is 559 g/mol. The van der Waals surface area contributed by atoms with Crippen LogP contribution in [0.15, 0.2) is 40.9 Å². The van der Waals surface area contributed by atoms with Gasteiger partial charge in [0.25, 0.3) is 11.8 Å². The van der Waals surface area contributed by atoms with Gasteiger partial charge in [-0.1, -0.05) is 12.1 Å². The average molecular weight is 560 g/mol. The summed E-state index contributed by atoms with van der Waals surface area (Å²) in [6.07, 6.45) is 0.955. The fourth-order valence-electron chi connectivity index (χ4n) is 5.14. The van der Waals surface area contributed by atoms with Gasteiger partial charge in [-0.3, -0.25) is 19.5 Å². The van der Waals surface area contributed by atoms with Crippen molar-refractivity contribution >= 4 is 21.8 Å². The van der Waals surface area contributed by atoms with Crippen LogP contribution >= 0.6 is 0 Å². The quantitative estimate of drug-likeness (QED) is 0.419. The fraction of sp³-hybridized carbons (Fsp3) is 0.423. The molecular formula is C26H27F2N5O5S. The van der Waals surface area contributed by atoms with Gasteiger partial charge >= 0.3 is 6.43 Å². The summed E-state index contributed by atoms with van der Waals surface area (Å²) in [7, 11) is -3.25. The van der Waals surface area contributed by atoms with Gasteiger partial charge in [-0.25, -0.2) is 12.7 Å². The van der Waals surface area contributed by atoms with E-state index in [1.165, 1.54) is 21.7 Å². The molecule has 0 unspecified atom stereocenters. The van der Waals surface area contributed by atoms with Crippen LogP contribution in [0.3, 0.4) is 0 Å². The number of piperidine rings is 1. The Morgan fingerprint density at radius 2 is 1.82 bits per heavy atom. The SMILES string of the molecule is CC1(C)C(=O)N(Cc2ccc(-c3nnc(C(F)F)o3)cn2)C(=O)c2cc(C3CCN(S(C)(=O)=O)CC3)ccc21. The number of hydrogen-bond acceptors (Lipinski definition) is 8. The topological polar surface area (TPSA) is 127 Å². The molecule has 3 aromatic rings. The normalized spacial score (nSPS) is 18.6. The summed E-state index contributed by atoms with van der Waals surface area (Å²) in [5.74, 6) is -1.60. The van der Waals surface area contributed by atoms with Gasteiger partial charge in [0.2, 0.25) is 21.8 Å². The van der Waals surface area contributed by atoms with Gasteiger partial charge < -0.3 is 4.42 Å². The molecule has 4 heterocycles. The zero-order valence-corrected chi connectivity index (χ0v) is 22.4. The Morgan fingerprint density at radius 3 is 2.41 bits per heavy atom. The standard InChI is InChI=1S/C26H27F2N5O5S/c1-26(2)20-7-5-16(15-8-10-32(11-9-15)39(3,36)37)12-19(20)24(34)33(25(26)35)14-18-6-4-17(13-29-18)22-30-31-23(38-22)21(27)28/h4-7,12-13,15,21H,8-11,14H2,1-3H3. The molecule has 10 nitrogen and oxygen atoms in total. The molecule has 0 aliphatic carbocycles. The van der Waals surface area contributed by atoms with E-state index >= 15 is 0 Å². The molecule has 1 aromatic carbocycles. The van der Waals surface area contributed by atoms with Crippen LogP contribution in [-0.4, -0.2) is 64.0 Å². The minimum atomic E-state index is -3.25. The summed E-state index contributed by atoms with van der Waals surface area (Å²) >= 11 is 0. The minimum absolute atomic E-state index is 0.0795. The number of halogens is 2. The van der Waals surface area contributed by atoms with E-state index in [1.54, 1.807) is 26.0 Å². The van der Waals surface area contributed by atoms with Crippen molar-refractivity contribution in [2.24, 2.45) is 0 Å². The predicted molar refractivity (Wildman–Crippen MR) is 135 cm³/mol. The number of fused-ring (bicyclic) bond motifs is 1. The Morgan fingerprint density at radius 1 is 1.10 bits per heavy atom. The Hall–Kier alpha value is -3.58. The molecule has 1 fully saturated rings. The number of rotatable bonds is 6. The lowest BCUT2D eigenvalue weighted by Crippen LogP contribution is -2.51. The zero-order chi connectivity index (χ0) is 28.1. The molecule has 5 rings (SSSR count). The second-order valence-electron chi connectivity index (χ2n) is 10.3. The number of benzene rings is 1. The lowest BCUT2D eigenvalue weighted by atomic mass is 9.75. The Labute approximate surface area is 224 Å². The summed E-state index contributed by atoms with van der Waals surface area (Å²) in [4.78, 5) is 32.4. The van der Waals surface area contributed by atoms with Crippen molar-refractivity contribution in [1.29, 1.82) is 0 Å². The lowest BCUT2D eigenvalue weighted by Gasteiger charge is -2.38. The van der Waals surface area contributed by atoms with Crippen molar-refractivity contribution in [2.75, 3.05) is 19.3 Å². The molecule has 0 radical (unpaired) electrons. The maximum atomic E-state index is 13.6. The third-order valence-electron chi connectivity index (χ3n) is 7.39. The van der Waals surface area contributed by atoms with Gasteiger partial charge in [0.05, 0.1) is 29.5 Å². The summed E-state index contributed by atoms with van der Waals surface area (Å²) < 4.78 is 55.6. The summed E-state index contributed by atoms with van der Waals surface area (Å²) in [5.41, 5.74) is 1.79. The number of alkyl halides is 2. The average Bonchev–Trinajstić information content (AvgIpc) is 3.41. The second kappa shape index (κ2) is 9.87. The molecule has 1 saturated heterocycles. The van der Waals surface area contributed by atoms with Crippen molar-refractivity contribution in [3.8, 4) is 11.5 Å². The van der Waals surface area contributed by atoms with Crippen LogP contribution in [-0.2, 0) is 26.8 Å². The van der Waals surface area contributed by atoms with Crippen molar-refractivity contribution in [3.63, 3.8) is 0 Å². The van der Waals surface area contributed by atoms with Gasteiger partial charge in [-0.05, 0) is 61.9 Å². The van der Waals surface area contributed by atoms with E-state index in [2.05, 4.69) is 15.2 Å². The first-order chi connectivity index (χ1) is 18.4. The molecule has 2 aliphatic heterocycles. The highest BCUT2D eigenvalue weighted by Crippen LogP contribution is 2.38. The number of amides is 2. The number of aromatic nitrogens is 3. The highest BCUT2D eigenvalue weighted by molar-refractivity contribution is 7.88. The van der Waals surface area contributed by atoms with Gasteiger partial charge in [0.1, 0.15) is 0 Å².